The van der Waals surface area contributed by atoms with Crippen LogP contribution >= 0.6 is 0 Å². The number of carbonyl (C=O) groups excluding carboxylic acids is 2. The molecule has 27 heavy (non-hydrogen) atoms. The zero-order chi connectivity index (χ0) is 18.8. The Bertz CT molecular complexity index is 850. The standard InChI is InChI=1S/C22H25N3O2/c1-15(9-10-16-6-3-2-4-7-16)23-21(26)17-11-12-19-18(14-17)24-22(27)20-8-5-13-25(19)20/h2-4,6-7,11-12,14-15,20H,5,8-10,13H2,1H3,(H,23,26)(H,24,27). The lowest BCUT2D eigenvalue weighted by Gasteiger charge is -2.33. The number of amides is 2. The quantitative estimate of drug-likeness (QED) is 0.856. The Morgan fingerprint density at radius 3 is 2.89 bits per heavy atom. The Balaban J connectivity index is 1.40. The maximum absolute atomic E-state index is 12.6. The number of carbonyl (C=O) groups is 2. The average molecular weight is 363 g/mol. The van der Waals surface area contributed by atoms with E-state index in [1.807, 2.05) is 37.3 Å². The lowest BCUT2D eigenvalue weighted by atomic mass is 10.0. The van der Waals surface area contributed by atoms with Gasteiger partial charge in [-0.15, -0.1) is 0 Å². The summed E-state index contributed by atoms with van der Waals surface area (Å²) in [6.45, 7) is 2.92. The number of nitrogens with zero attached hydrogens (tertiary/aromatic N) is 1. The molecule has 1 saturated heterocycles. The van der Waals surface area contributed by atoms with E-state index in [0.717, 1.165) is 43.6 Å². The number of hydrogen-bond acceptors (Lipinski definition) is 3. The first-order chi connectivity index (χ1) is 13.1. The summed E-state index contributed by atoms with van der Waals surface area (Å²) in [6, 6.07) is 15.9. The average Bonchev–Trinajstić information content (AvgIpc) is 3.17. The number of fused-ring (bicyclic) bond motifs is 3. The molecule has 2 amide bonds. The minimum Gasteiger partial charge on any atom is -0.358 e. The largest absolute Gasteiger partial charge is 0.358 e. The highest BCUT2D eigenvalue weighted by Gasteiger charge is 2.36. The summed E-state index contributed by atoms with van der Waals surface area (Å²) in [6.07, 6.45) is 3.73. The van der Waals surface area contributed by atoms with Gasteiger partial charge in [0.1, 0.15) is 6.04 Å². The van der Waals surface area contributed by atoms with Gasteiger partial charge in [0.05, 0.1) is 11.4 Å². The summed E-state index contributed by atoms with van der Waals surface area (Å²) < 4.78 is 0. The smallest absolute Gasteiger partial charge is 0.251 e. The summed E-state index contributed by atoms with van der Waals surface area (Å²) in [5, 5.41) is 6.03. The highest BCUT2D eigenvalue weighted by atomic mass is 16.2. The van der Waals surface area contributed by atoms with E-state index in [1.165, 1.54) is 5.56 Å². The van der Waals surface area contributed by atoms with Crippen molar-refractivity contribution in [3.8, 4) is 0 Å². The van der Waals surface area contributed by atoms with E-state index in [4.69, 9.17) is 0 Å². The van der Waals surface area contributed by atoms with Crippen LogP contribution in [0.1, 0.15) is 42.1 Å². The minimum absolute atomic E-state index is 0.0359. The summed E-state index contributed by atoms with van der Waals surface area (Å²) in [5.74, 6) is -0.0649. The first kappa shape index (κ1) is 17.6. The number of rotatable bonds is 5. The molecule has 0 aliphatic carbocycles. The number of benzene rings is 2. The molecule has 2 unspecified atom stereocenters. The highest BCUT2D eigenvalue weighted by molar-refractivity contribution is 6.06. The summed E-state index contributed by atoms with van der Waals surface area (Å²) in [7, 11) is 0. The van der Waals surface area contributed by atoms with Gasteiger partial charge in [0.15, 0.2) is 0 Å². The molecule has 2 aromatic rings. The molecule has 2 N–H and O–H groups in total. The lowest BCUT2D eigenvalue weighted by molar-refractivity contribution is -0.117. The molecule has 0 bridgehead atoms. The second-order valence-corrected chi connectivity index (χ2v) is 7.47. The van der Waals surface area contributed by atoms with Gasteiger partial charge in [0.2, 0.25) is 5.91 Å². The Hall–Kier alpha value is -2.82. The molecule has 2 atom stereocenters. The maximum Gasteiger partial charge on any atom is 0.251 e. The van der Waals surface area contributed by atoms with Crippen molar-refractivity contribution in [2.24, 2.45) is 0 Å². The molecule has 5 nitrogen and oxygen atoms in total. The predicted octanol–water partition coefficient (Wildman–Crippen LogP) is 3.36. The van der Waals surface area contributed by atoms with Gasteiger partial charge in [-0.3, -0.25) is 9.59 Å². The van der Waals surface area contributed by atoms with Crippen molar-refractivity contribution in [3.05, 3.63) is 59.7 Å². The second kappa shape index (κ2) is 7.43. The molecule has 2 aromatic carbocycles. The normalized spacial score (nSPS) is 19.1. The third-order valence-electron chi connectivity index (χ3n) is 5.47. The van der Waals surface area contributed by atoms with Crippen molar-refractivity contribution < 1.29 is 9.59 Å². The van der Waals surface area contributed by atoms with E-state index >= 15 is 0 Å². The Morgan fingerprint density at radius 2 is 2.07 bits per heavy atom. The van der Waals surface area contributed by atoms with Crippen LogP contribution in [0.3, 0.4) is 0 Å². The fourth-order valence-corrected chi connectivity index (χ4v) is 3.98. The molecule has 2 aliphatic rings. The van der Waals surface area contributed by atoms with Gasteiger partial charge in [0.25, 0.3) is 5.91 Å². The van der Waals surface area contributed by atoms with Crippen LogP contribution in [0.25, 0.3) is 0 Å². The first-order valence-electron chi connectivity index (χ1n) is 9.68. The van der Waals surface area contributed by atoms with Crippen LogP contribution in [0.15, 0.2) is 48.5 Å². The molecule has 0 saturated carbocycles. The van der Waals surface area contributed by atoms with E-state index in [9.17, 15) is 9.59 Å². The Morgan fingerprint density at radius 1 is 1.26 bits per heavy atom. The van der Waals surface area contributed by atoms with Crippen LogP contribution in [-0.4, -0.2) is 30.4 Å². The van der Waals surface area contributed by atoms with Crippen molar-refractivity contribution in [1.82, 2.24) is 5.32 Å². The molecule has 5 heteroatoms. The highest BCUT2D eigenvalue weighted by Crippen LogP contribution is 2.37. The van der Waals surface area contributed by atoms with Crippen LogP contribution in [0, 0.1) is 0 Å². The van der Waals surface area contributed by atoms with Crippen LogP contribution in [-0.2, 0) is 11.2 Å². The van der Waals surface area contributed by atoms with Crippen molar-refractivity contribution in [2.45, 2.75) is 44.7 Å². The summed E-state index contributed by atoms with van der Waals surface area (Å²) >= 11 is 0. The van der Waals surface area contributed by atoms with E-state index in [1.54, 1.807) is 6.07 Å². The summed E-state index contributed by atoms with van der Waals surface area (Å²) in [4.78, 5) is 27.0. The molecular formula is C22H25N3O2. The van der Waals surface area contributed by atoms with Gasteiger partial charge in [-0.2, -0.15) is 0 Å². The van der Waals surface area contributed by atoms with E-state index < -0.39 is 0 Å². The number of aryl methyl sites for hydroxylation is 1. The van der Waals surface area contributed by atoms with Crippen LogP contribution in [0.2, 0.25) is 0 Å². The Kier molecular flexibility index (Phi) is 4.84. The van der Waals surface area contributed by atoms with E-state index in [0.29, 0.717) is 5.56 Å². The van der Waals surface area contributed by atoms with Crippen LogP contribution in [0.4, 0.5) is 11.4 Å². The maximum atomic E-state index is 12.6. The lowest BCUT2D eigenvalue weighted by Crippen LogP contribution is -2.44. The molecule has 2 aliphatic heterocycles. The fraction of sp³-hybridized carbons (Fsp3) is 0.364. The van der Waals surface area contributed by atoms with E-state index in [-0.39, 0.29) is 23.9 Å². The number of anilines is 2. The van der Waals surface area contributed by atoms with Gasteiger partial charge in [-0.25, -0.2) is 0 Å². The zero-order valence-corrected chi connectivity index (χ0v) is 15.6. The third kappa shape index (κ3) is 3.68. The van der Waals surface area contributed by atoms with Crippen molar-refractivity contribution >= 4 is 23.2 Å². The molecule has 0 spiro atoms. The van der Waals surface area contributed by atoms with Crippen molar-refractivity contribution in [3.63, 3.8) is 0 Å². The zero-order valence-electron chi connectivity index (χ0n) is 15.6. The van der Waals surface area contributed by atoms with E-state index in [2.05, 4.69) is 27.7 Å². The minimum atomic E-state index is -0.101. The molecule has 140 valence electrons. The molecule has 1 fully saturated rings. The van der Waals surface area contributed by atoms with Crippen molar-refractivity contribution in [2.75, 3.05) is 16.8 Å². The second-order valence-electron chi connectivity index (χ2n) is 7.47. The molecule has 0 aromatic heterocycles. The van der Waals surface area contributed by atoms with Crippen LogP contribution in [0.5, 0.6) is 0 Å². The molecule has 4 rings (SSSR count). The monoisotopic (exact) mass is 363 g/mol. The Labute approximate surface area is 159 Å². The van der Waals surface area contributed by atoms with Gasteiger partial charge in [-0.05, 0) is 56.4 Å². The summed E-state index contributed by atoms with van der Waals surface area (Å²) in [5.41, 5.74) is 3.61. The topological polar surface area (TPSA) is 61.4 Å². The van der Waals surface area contributed by atoms with Gasteiger partial charge < -0.3 is 15.5 Å². The molecular weight excluding hydrogens is 338 g/mol. The van der Waals surface area contributed by atoms with Crippen molar-refractivity contribution in [1.29, 1.82) is 0 Å². The van der Waals surface area contributed by atoms with Gasteiger partial charge in [0, 0.05) is 18.2 Å². The third-order valence-corrected chi connectivity index (χ3v) is 5.47. The predicted molar refractivity (Wildman–Crippen MR) is 107 cm³/mol. The molecule has 0 radical (unpaired) electrons. The fourth-order valence-electron chi connectivity index (χ4n) is 3.98. The molecule has 2 heterocycles. The number of nitrogens with one attached hydrogen (secondary N) is 2. The first-order valence-corrected chi connectivity index (χ1v) is 9.68. The van der Waals surface area contributed by atoms with Crippen LogP contribution < -0.4 is 15.5 Å². The number of hydrogen-bond donors (Lipinski definition) is 2. The van der Waals surface area contributed by atoms with Gasteiger partial charge >= 0.3 is 0 Å². The SMILES string of the molecule is CC(CCc1ccccc1)NC(=O)c1ccc2c(c1)NC(=O)C1CCCN21. The van der Waals surface area contributed by atoms with Gasteiger partial charge in [-0.1, -0.05) is 30.3 Å².